The Bertz CT molecular complexity index is 549. The highest BCUT2D eigenvalue weighted by Crippen LogP contribution is 2.32. The molecule has 0 aromatic carbocycles. The smallest absolute Gasteiger partial charge is 0.256 e. The van der Waals surface area contributed by atoms with E-state index in [4.69, 9.17) is 0 Å². The zero-order chi connectivity index (χ0) is 15.7. The molecule has 0 radical (unpaired) electrons. The van der Waals surface area contributed by atoms with Crippen molar-refractivity contribution in [2.75, 3.05) is 19.6 Å². The van der Waals surface area contributed by atoms with E-state index in [0.29, 0.717) is 6.04 Å². The lowest BCUT2D eigenvalue weighted by atomic mass is 9.95. The van der Waals surface area contributed by atoms with Gasteiger partial charge in [0.1, 0.15) is 0 Å². The summed E-state index contributed by atoms with van der Waals surface area (Å²) in [6, 6.07) is 2.98. The van der Waals surface area contributed by atoms with E-state index in [2.05, 4.69) is 36.7 Å². The van der Waals surface area contributed by atoms with Gasteiger partial charge in [-0.05, 0) is 39.7 Å². The molecule has 1 aliphatic heterocycles. The van der Waals surface area contributed by atoms with Gasteiger partial charge in [-0.2, -0.15) is 0 Å². The van der Waals surface area contributed by atoms with Gasteiger partial charge in [-0.15, -0.1) is 12.4 Å². The molecule has 0 bridgehead atoms. The number of rotatable bonds is 2. The summed E-state index contributed by atoms with van der Waals surface area (Å²) in [5.41, 5.74) is 3.33. The maximum absolute atomic E-state index is 13.0. The number of carbonyl (C=O) groups excluding carboxylic acids is 1. The third-order valence-corrected chi connectivity index (χ3v) is 5.42. The molecule has 3 rings (SSSR count). The summed E-state index contributed by atoms with van der Waals surface area (Å²) in [5, 5.41) is 3.35. The monoisotopic (exact) mass is 339 g/mol. The number of nitrogens with one attached hydrogen (secondary N) is 1. The second kappa shape index (κ2) is 7.71. The van der Waals surface area contributed by atoms with Gasteiger partial charge in [0.25, 0.3) is 5.91 Å². The molecule has 0 unspecified atom stereocenters. The second-order valence-corrected chi connectivity index (χ2v) is 7.00. The van der Waals surface area contributed by atoms with Gasteiger partial charge in [0, 0.05) is 43.1 Å². The van der Waals surface area contributed by atoms with Crippen LogP contribution < -0.4 is 5.32 Å². The van der Waals surface area contributed by atoms with E-state index in [1.165, 1.54) is 43.5 Å². The molecule has 2 aliphatic rings. The van der Waals surface area contributed by atoms with Crippen LogP contribution in [0.2, 0.25) is 0 Å². The number of aromatic nitrogens is 1. The fourth-order valence-corrected chi connectivity index (χ4v) is 4.19. The average molecular weight is 340 g/mol. The maximum Gasteiger partial charge on any atom is 0.256 e. The van der Waals surface area contributed by atoms with Crippen LogP contribution in [0.15, 0.2) is 6.07 Å². The van der Waals surface area contributed by atoms with E-state index in [1.54, 1.807) is 0 Å². The Balaban J connectivity index is 0.00000192. The van der Waals surface area contributed by atoms with Crippen molar-refractivity contribution in [1.82, 2.24) is 14.8 Å². The predicted molar refractivity (Wildman–Crippen MR) is 96.6 cm³/mol. The summed E-state index contributed by atoms with van der Waals surface area (Å²) >= 11 is 0. The number of carbonyl (C=O) groups is 1. The molecule has 2 heterocycles. The SMILES string of the molecule is Cc1cc(C(=O)N2CCNC[C@H]2C)c(C)n1C1CCCCC1.Cl. The molecule has 1 aliphatic carbocycles. The van der Waals surface area contributed by atoms with Gasteiger partial charge in [0.15, 0.2) is 0 Å². The molecule has 2 fully saturated rings. The molecule has 4 nitrogen and oxygen atoms in total. The van der Waals surface area contributed by atoms with Crippen LogP contribution in [0.25, 0.3) is 0 Å². The summed E-state index contributed by atoms with van der Waals surface area (Å²) in [5.74, 6) is 0.212. The van der Waals surface area contributed by atoms with Gasteiger partial charge in [0.05, 0.1) is 5.56 Å². The Kier molecular flexibility index (Phi) is 6.15. The lowest BCUT2D eigenvalue weighted by Crippen LogP contribution is -2.52. The number of halogens is 1. The third kappa shape index (κ3) is 3.58. The molecule has 0 spiro atoms. The topological polar surface area (TPSA) is 37.3 Å². The second-order valence-electron chi connectivity index (χ2n) is 7.00. The van der Waals surface area contributed by atoms with Crippen molar-refractivity contribution in [1.29, 1.82) is 0 Å². The molecule has 1 saturated carbocycles. The number of hydrogen-bond donors (Lipinski definition) is 1. The summed E-state index contributed by atoms with van der Waals surface area (Å²) in [4.78, 5) is 15.0. The van der Waals surface area contributed by atoms with Crippen LogP contribution in [0.1, 0.15) is 66.8 Å². The van der Waals surface area contributed by atoms with Crippen LogP contribution in [0.4, 0.5) is 0 Å². The number of nitrogens with zero attached hydrogens (tertiary/aromatic N) is 2. The highest BCUT2D eigenvalue weighted by molar-refractivity contribution is 5.96. The summed E-state index contributed by atoms with van der Waals surface area (Å²) in [6.45, 7) is 9.02. The van der Waals surface area contributed by atoms with Crippen molar-refractivity contribution in [3.05, 3.63) is 23.0 Å². The largest absolute Gasteiger partial charge is 0.345 e. The molecular weight excluding hydrogens is 310 g/mol. The van der Waals surface area contributed by atoms with E-state index in [9.17, 15) is 4.79 Å². The minimum atomic E-state index is 0. The van der Waals surface area contributed by atoms with Crippen molar-refractivity contribution in [2.24, 2.45) is 0 Å². The van der Waals surface area contributed by atoms with Gasteiger partial charge in [0.2, 0.25) is 0 Å². The number of hydrogen-bond acceptors (Lipinski definition) is 2. The molecule has 1 atom stereocenters. The third-order valence-electron chi connectivity index (χ3n) is 5.42. The molecule has 23 heavy (non-hydrogen) atoms. The molecule has 1 aromatic heterocycles. The van der Waals surface area contributed by atoms with Crippen molar-refractivity contribution in [2.45, 2.75) is 65.0 Å². The van der Waals surface area contributed by atoms with Crippen LogP contribution in [-0.2, 0) is 0 Å². The van der Waals surface area contributed by atoms with Gasteiger partial charge in [-0.25, -0.2) is 0 Å². The molecular formula is C18H30ClN3O. The summed E-state index contributed by atoms with van der Waals surface area (Å²) in [6.07, 6.45) is 6.52. The van der Waals surface area contributed by atoms with Crippen molar-refractivity contribution >= 4 is 18.3 Å². The Labute approximate surface area is 146 Å². The Morgan fingerprint density at radius 1 is 1.22 bits per heavy atom. The number of amides is 1. The first-order valence-electron chi connectivity index (χ1n) is 8.79. The first kappa shape index (κ1) is 18.3. The summed E-state index contributed by atoms with van der Waals surface area (Å²) < 4.78 is 2.43. The first-order chi connectivity index (χ1) is 10.6. The van der Waals surface area contributed by atoms with Gasteiger partial charge in [-0.3, -0.25) is 4.79 Å². The van der Waals surface area contributed by atoms with E-state index >= 15 is 0 Å². The van der Waals surface area contributed by atoms with E-state index in [0.717, 1.165) is 25.2 Å². The quantitative estimate of drug-likeness (QED) is 0.895. The normalized spacial score (nSPS) is 22.7. The predicted octanol–water partition coefficient (Wildman–Crippen LogP) is 3.47. The van der Waals surface area contributed by atoms with Crippen molar-refractivity contribution < 1.29 is 4.79 Å². The Hall–Kier alpha value is -1.000. The zero-order valence-corrected chi connectivity index (χ0v) is 15.4. The lowest BCUT2D eigenvalue weighted by Gasteiger charge is -2.34. The fraction of sp³-hybridized carbons (Fsp3) is 0.722. The van der Waals surface area contributed by atoms with Gasteiger partial charge >= 0.3 is 0 Å². The fourth-order valence-electron chi connectivity index (χ4n) is 4.19. The van der Waals surface area contributed by atoms with Gasteiger partial charge in [-0.1, -0.05) is 19.3 Å². The van der Waals surface area contributed by atoms with Crippen LogP contribution in [0, 0.1) is 13.8 Å². The van der Waals surface area contributed by atoms with Crippen molar-refractivity contribution in [3.63, 3.8) is 0 Å². The highest BCUT2D eigenvalue weighted by atomic mass is 35.5. The minimum absolute atomic E-state index is 0. The van der Waals surface area contributed by atoms with Crippen LogP contribution >= 0.6 is 12.4 Å². The number of aryl methyl sites for hydroxylation is 1. The number of piperazine rings is 1. The van der Waals surface area contributed by atoms with E-state index in [-0.39, 0.29) is 24.4 Å². The van der Waals surface area contributed by atoms with Crippen LogP contribution in [-0.4, -0.2) is 41.1 Å². The molecule has 1 amide bonds. The molecule has 1 saturated heterocycles. The molecule has 130 valence electrons. The van der Waals surface area contributed by atoms with Gasteiger partial charge < -0.3 is 14.8 Å². The standard InChI is InChI=1S/C18H29N3O.ClH/c1-13-11-17(18(22)20-10-9-19-12-14(20)2)15(3)21(13)16-7-5-4-6-8-16;/h11,14,16,19H,4-10,12H2,1-3H3;1H/t14-;/m1./s1. The zero-order valence-electron chi connectivity index (χ0n) is 14.6. The highest BCUT2D eigenvalue weighted by Gasteiger charge is 2.28. The Morgan fingerprint density at radius 3 is 2.57 bits per heavy atom. The van der Waals surface area contributed by atoms with E-state index < -0.39 is 0 Å². The average Bonchev–Trinajstić information content (AvgIpc) is 2.83. The molecule has 5 heteroatoms. The Morgan fingerprint density at radius 2 is 1.91 bits per heavy atom. The van der Waals surface area contributed by atoms with Crippen LogP contribution in [0.5, 0.6) is 0 Å². The first-order valence-corrected chi connectivity index (χ1v) is 8.79. The maximum atomic E-state index is 13.0. The summed E-state index contributed by atoms with van der Waals surface area (Å²) in [7, 11) is 0. The van der Waals surface area contributed by atoms with E-state index in [1.807, 2.05) is 4.90 Å². The minimum Gasteiger partial charge on any atom is -0.345 e. The molecule has 1 N–H and O–H groups in total. The van der Waals surface area contributed by atoms with Crippen molar-refractivity contribution in [3.8, 4) is 0 Å². The molecule has 1 aromatic rings. The lowest BCUT2D eigenvalue weighted by molar-refractivity contribution is 0.0654. The van der Waals surface area contributed by atoms with Crippen LogP contribution in [0.3, 0.4) is 0 Å².